The van der Waals surface area contributed by atoms with Crippen molar-refractivity contribution in [3.63, 3.8) is 0 Å². The largest absolute Gasteiger partial charge is 0.487 e. The van der Waals surface area contributed by atoms with E-state index in [1.54, 1.807) is 18.0 Å². The van der Waals surface area contributed by atoms with Crippen LogP contribution in [0.5, 0.6) is 5.75 Å². The number of nitrogens with zero attached hydrogens (tertiary/aromatic N) is 2. The van der Waals surface area contributed by atoms with Gasteiger partial charge in [0.25, 0.3) is 0 Å². The molecule has 1 aliphatic carbocycles. The Balaban J connectivity index is 1.61. The summed E-state index contributed by atoms with van der Waals surface area (Å²) >= 11 is 6.35. The third-order valence-electron chi connectivity index (χ3n) is 9.70. The van der Waals surface area contributed by atoms with Gasteiger partial charge in [-0.05, 0) is 97.7 Å². The van der Waals surface area contributed by atoms with Crippen LogP contribution in [-0.4, -0.2) is 68.9 Å². The van der Waals surface area contributed by atoms with E-state index in [1.165, 1.54) is 19.8 Å². The maximum absolute atomic E-state index is 13.5. The fourth-order valence-corrected chi connectivity index (χ4v) is 6.97. The van der Waals surface area contributed by atoms with Gasteiger partial charge in [0.15, 0.2) is 5.60 Å². The summed E-state index contributed by atoms with van der Waals surface area (Å²) in [7, 11) is 4.50. The minimum absolute atomic E-state index is 0.177. The Morgan fingerprint density at radius 2 is 1.91 bits per heavy atom. The number of allylic oxidation sites excluding steroid dienone is 1. The molecule has 2 aromatic carbocycles. The molecule has 3 aliphatic rings. The molecule has 9 heteroatoms. The van der Waals surface area contributed by atoms with E-state index in [2.05, 4.69) is 4.90 Å². The van der Waals surface area contributed by atoms with Crippen molar-refractivity contribution in [1.29, 1.82) is 0 Å². The highest BCUT2D eigenvalue weighted by Crippen LogP contribution is 2.43. The fourth-order valence-electron chi connectivity index (χ4n) is 6.77. The summed E-state index contributed by atoms with van der Waals surface area (Å²) in [5.41, 5.74) is 2.03. The van der Waals surface area contributed by atoms with Crippen molar-refractivity contribution in [3.05, 3.63) is 70.3 Å². The number of halogens is 1. The second kappa shape index (κ2) is 14.4. The van der Waals surface area contributed by atoms with Crippen molar-refractivity contribution >= 4 is 29.2 Å². The quantitative estimate of drug-likeness (QED) is 0.341. The zero-order valence-electron chi connectivity index (χ0n) is 26.1. The van der Waals surface area contributed by atoms with E-state index in [-0.39, 0.29) is 18.2 Å². The van der Waals surface area contributed by atoms with Crippen LogP contribution in [0.1, 0.15) is 61.6 Å². The number of hydrogen-bond donors (Lipinski definition) is 1. The number of fused-ring (bicyclic) bond motifs is 3. The molecule has 4 atom stereocenters. The summed E-state index contributed by atoms with van der Waals surface area (Å²) in [6.45, 7) is 2.40. The van der Waals surface area contributed by atoms with Crippen LogP contribution in [0.2, 0.25) is 5.02 Å². The minimum Gasteiger partial charge on any atom is -0.487 e. The number of methoxy groups -OCH3 is 2. The summed E-state index contributed by atoms with van der Waals surface area (Å²) < 4.78 is 17.7. The summed E-state index contributed by atoms with van der Waals surface area (Å²) in [4.78, 5) is 30.9. The summed E-state index contributed by atoms with van der Waals surface area (Å²) in [6, 6.07) is 11.6. The molecule has 1 N–H and O–H groups in total. The van der Waals surface area contributed by atoms with E-state index in [0.29, 0.717) is 35.4 Å². The first-order valence-electron chi connectivity index (χ1n) is 15.8. The molecule has 5 rings (SSSR count). The first-order chi connectivity index (χ1) is 21.3. The number of aryl methyl sites for hydroxylation is 1. The van der Waals surface area contributed by atoms with Gasteiger partial charge in [-0.1, -0.05) is 35.9 Å². The number of hydrogen-bond acceptors (Lipinski definition) is 7. The number of esters is 1. The van der Waals surface area contributed by atoms with Gasteiger partial charge in [-0.2, -0.15) is 0 Å². The first kappa shape index (κ1) is 32.3. The molecule has 2 heterocycles. The number of rotatable bonds is 2. The van der Waals surface area contributed by atoms with Crippen LogP contribution in [-0.2, 0) is 37.7 Å². The zero-order valence-corrected chi connectivity index (χ0v) is 26.9. The van der Waals surface area contributed by atoms with Crippen molar-refractivity contribution in [2.24, 2.45) is 11.8 Å². The summed E-state index contributed by atoms with van der Waals surface area (Å²) in [5.74, 6) is 0.326. The molecule has 1 amide bonds. The zero-order chi connectivity index (χ0) is 31.3. The second-order valence-corrected chi connectivity index (χ2v) is 12.8. The lowest BCUT2D eigenvalue weighted by Crippen LogP contribution is -2.45. The van der Waals surface area contributed by atoms with Gasteiger partial charge in [-0.25, -0.2) is 4.79 Å². The maximum atomic E-state index is 13.5. The second-order valence-electron chi connectivity index (χ2n) is 12.4. The Morgan fingerprint density at radius 1 is 1.07 bits per heavy atom. The van der Waals surface area contributed by atoms with Crippen LogP contribution >= 0.6 is 11.6 Å². The first-order valence-corrected chi connectivity index (χ1v) is 16.2. The molecule has 2 aliphatic heterocycles. The van der Waals surface area contributed by atoms with Crippen molar-refractivity contribution < 1.29 is 28.9 Å². The molecular weight excluding hydrogens is 580 g/mol. The van der Waals surface area contributed by atoms with Crippen molar-refractivity contribution in [2.75, 3.05) is 45.8 Å². The van der Waals surface area contributed by atoms with Crippen LogP contribution in [0.3, 0.4) is 0 Å². The Bertz CT molecular complexity index is 1360. The molecule has 1 saturated carbocycles. The number of carbonyl (C=O) groups is 2. The average Bonchev–Trinajstić information content (AvgIpc) is 3.03. The Morgan fingerprint density at radius 3 is 2.66 bits per heavy atom. The number of ether oxygens (including phenoxy) is 3. The third-order valence-corrected chi connectivity index (χ3v) is 9.93. The van der Waals surface area contributed by atoms with E-state index in [9.17, 15) is 14.7 Å². The van der Waals surface area contributed by atoms with Crippen LogP contribution in [0.15, 0.2) is 48.6 Å². The Labute approximate surface area is 265 Å². The van der Waals surface area contributed by atoms with Gasteiger partial charge in [-0.15, -0.1) is 0 Å². The SMILES string of the molecule is COC(=O)[C@@]1(OC)CC(=O)N(C)CCC/C=C/[C@H](O)[C@@H]2CC[C@H]2CN2CCCCc3cc(Cl)ccc3COc3ccc1cc32. The lowest BCUT2D eigenvalue weighted by atomic mass is 9.70. The summed E-state index contributed by atoms with van der Waals surface area (Å²) in [5, 5.41) is 11.8. The lowest BCUT2D eigenvalue weighted by molar-refractivity contribution is -0.172. The van der Waals surface area contributed by atoms with Crippen LogP contribution < -0.4 is 9.64 Å². The van der Waals surface area contributed by atoms with E-state index >= 15 is 0 Å². The summed E-state index contributed by atoms with van der Waals surface area (Å²) in [6.07, 6.45) is 9.57. The Kier molecular flexibility index (Phi) is 10.5. The molecule has 238 valence electrons. The third kappa shape index (κ3) is 6.93. The topological polar surface area (TPSA) is 88.5 Å². The maximum Gasteiger partial charge on any atom is 0.343 e. The van der Waals surface area contributed by atoms with Gasteiger partial charge in [0.05, 0.1) is 25.3 Å². The lowest BCUT2D eigenvalue weighted by Gasteiger charge is -2.43. The predicted octanol–water partition coefficient (Wildman–Crippen LogP) is 5.66. The van der Waals surface area contributed by atoms with E-state index in [1.807, 2.05) is 42.5 Å². The number of amides is 1. The minimum atomic E-state index is -1.63. The van der Waals surface area contributed by atoms with Crippen LogP contribution in [0, 0.1) is 11.8 Å². The van der Waals surface area contributed by atoms with Gasteiger partial charge >= 0.3 is 5.97 Å². The standard InChI is InChI=1S/C35H45ClN2O6/c1-37-17-7-4-5-10-31(39)29-15-12-25(29)22-38-18-8-6-9-24-19-28(36)14-11-26(24)23-44-32-16-13-27(20-30(32)38)35(43-3,21-33(37)40)34(41)42-2/h5,10-11,13-14,16,19-20,25,29,31,39H,4,6-9,12,15,17-18,21-23H2,1-3H3/b10-5+/t25-,29+,31-,35+/m0/s1. The molecule has 0 spiro atoms. The number of aliphatic hydroxyl groups is 1. The monoisotopic (exact) mass is 624 g/mol. The molecule has 2 aromatic rings. The predicted molar refractivity (Wildman–Crippen MR) is 171 cm³/mol. The average molecular weight is 625 g/mol. The van der Waals surface area contributed by atoms with Gasteiger partial charge in [-0.3, -0.25) is 4.79 Å². The van der Waals surface area contributed by atoms with Crippen molar-refractivity contribution in [1.82, 2.24) is 4.90 Å². The highest BCUT2D eigenvalue weighted by atomic mass is 35.5. The van der Waals surface area contributed by atoms with E-state index in [4.69, 9.17) is 25.8 Å². The molecular formula is C35H45ClN2O6. The highest BCUT2D eigenvalue weighted by Gasteiger charge is 2.45. The molecule has 0 aromatic heterocycles. The van der Waals surface area contributed by atoms with Gasteiger partial charge in [0.1, 0.15) is 12.4 Å². The highest BCUT2D eigenvalue weighted by molar-refractivity contribution is 6.30. The van der Waals surface area contributed by atoms with E-state index in [0.717, 1.165) is 69.3 Å². The van der Waals surface area contributed by atoms with E-state index < -0.39 is 17.7 Å². The van der Waals surface area contributed by atoms with Crippen LogP contribution in [0.25, 0.3) is 0 Å². The molecule has 44 heavy (non-hydrogen) atoms. The Hall–Kier alpha value is -3.07. The number of aliphatic hydroxyl groups excluding tert-OH is 1. The molecule has 2 bridgehead atoms. The van der Waals surface area contributed by atoms with Crippen molar-refractivity contribution in [3.8, 4) is 5.75 Å². The number of benzene rings is 2. The fraction of sp³-hybridized carbons (Fsp3) is 0.543. The number of carbonyl (C=O) groups excluding carboxylic acids is 2. The molecule has 1 fully saturated rings. The molecule has 0 unspecified atom stereocenters. The smallest absolute Gasteiger partial charge is 0.343 e. The van der Waals surface area contributed by atoms with Gasteiger partial charge in [0, 0.05) is 38.8 Å². The normalized spacial score (nSPS) is 27.4. The molecule has 8 nitrogen and oxygen atoms in total. The van der Waals surface area contributed by atoms with Crippen LogP contribution in [0.4, 0.5) is 5.69 Å². The molecule has 0 saturated heterocycles. The van der Waals surface area contributed by atoms with Gasteiger partial charge < -0.3 is 29.1 Å². The molecule has 0 radical (unpaired) electrons. The number of anilines is 1. The van der Waals surface area contributed by atoms with Gasteiger partial charge in [0.2, 0.25) is 5.91 Å². The van der Waals surface area contributed by atoms with Crippen molar-refractivity contribution in [2.45, 2.75) is 69.7 Å².